The Bertz CT molecular complexity index is 170. The number of hydrogen-bond donors (Lipinski definition) is 1. The molecule has 0 saturated carbocycles. The molecule has 2 atom stereocenters. The molecule has 1 rings (SSSR count). The van der Waals surface area contributed by atoms with Gasteiger partial charge in [-0.25, -0.2) is 0 Å². The minimum absolute atomic E-state index is 0.595. The van der Waals surface area contributed by atoms with E-state index in [1.165, 1.54) is 19.3 Å². The third-order valence-corrected chi connectivity index (χ3v) is 3.29. The first-order valence-electron chi connectivity index (χ1n) is 4.64. The minimum Gasteiger partial charge on any atom is -0.355 e. The van der Waals surface area contributed by atoms with E-state index in [0.29, 0.717) is 6.04 Å². The lowest BCUT2D eigenvalue weighted by atomic mass is 9.92. The second kappa shape index (κ2) is 4.47. The highest BCUT2D eigenvalue weighted by Crippen LogP contribution is 2.24. The lowest BCUT2D eigenvalue weighted by Gasteiger charge is -2.38. The zero-order valence-corrected chi connectivity index (χ0v) is 9.50. The first-order valence-corrected chi connectivity index (χ1v) is 5.50. The molecule has 0 radical (unpaired) electrons. The van der Waals surface area contributed by atoms with E-state index in [1.807, 2.05) is 0 Å². The van der Waals surface area contributed by atoms with Gasteiger partial charge >= 0.3 is 0 Å². The molecule has 1 heterocycles. The normalized spacial score (nSPS) is 30.4. The number of likely N-dealkylation sites (tertiary alicyclic amines) is 1. The number of thiocarbonyl (C=S) groups is 1. The molecule has 1 fully saturated rings. The van der Waals surface area contributed by atoms with Crippen molar-refractivity contribution in [3.8, 4) is 0 Å². The average molecular weight is 203 g/mol. The van der Waals surface area contributed by atoms with E-state index < -0.39 is 0 Å². The van der Waals surface area contributed by atoms with Crippen LogP contribution in [-0.2, 0) is 0 Å². The molecule has 70 valence electrons. The first kappa shape index (κ1) is 10.3. The minimum atomic E-state index is 0.595. The summed E-state index contributed by atoms with van der Waals surface area (Å²) in [5, 5.41) is 0. The summed E-state index contributed by atoms with van der Waals surface area (Å²) in [6.07, 6.45) is 3.88. The van der Waals surface area contributed by atoms with Crippen molar-refractivity contribution in [1.29, 1.82) is 0 Å². The quantitative estimate of drug-likeness (QED) is 0.515. The zero-order chi connectivity index (χ0) is 9.14. The molecule has 1 aliphatic rings. The molecule has 1 aliphatic heterocycles. The van der Waals surface area contributed by atoms with Gasteiger partial charge in [0, 0.05) is 12.6 Å². The zero-order valence-electron chi connectivity index (χ0n) is 7.79. The summed E-state index contributed by atoms with van der Waals surface area (Å²) in [7, 11) is 0. The molecule has 0 aliphatic carbocycles. The topological polar surface area (TPSA) is 3.24 Å². The number of hydrogen-bond acceptors (Lipinski definition) is 1. The van der Waals surface area contributed by atoms with Gasteiger partial charge in [-0.05, 0) is 25.7 Å². The summed E-state index contributed by atoms with van der Waals surface area (Å²) in [5.74, 6) is 0.825. The smallest absolute Gasteiger partial charge is 0.133 e. The molecule has 0 aromatic heterocycles. The standard InChI is InChI=1S/C9H17NS2/c1-3-8-5-4-7(2)10(6-8)9(11)12/h7-8H,3-6H2,1-2H3,(H,11,12). The summed E-state index contributed by atoms with van der Waals surface area (Å²) in [5.41, 5.74) is 0. The van der Waals surface area contributed by atoms with E-state index in [9.17, 15) is 0 Å². The fourth-order valence-electron chi connectivity index (χ4n) is 1.78. The van der Waals surface area contributed by atoms with Gasteiger partial charge in [-0.2, -0.15) is 0 Å². The highest BCUT2D eigenvalue weighted by molar-refractivity contribution is 8.10. The average Bonchev–Trinajstić information content (AvgIpc) is 2.05. The van der Waals surface area contributed by atoms with E-state index in [1.54, 1.807) is 0 Å². The molecular weight excluding hydrogens is 186 g/mol. The predicted octanol–water partition coefficient (Wildman–Crippen LogP) is 2.71. The van der Waals surface area contributed by atoms with Crippen LogP contribution in [0.4, 0.5) is 0 Å². The molecule has 3 heteroatoms. The van der Waals surface area contributed by atoms with E-state index >= 15 is 0 Å². The lowest BCUT2D eigenvalue weighted by molar-refractivity contribution is 0.199. The third kappa shape index (κ3) is 2.36. The monoisotopic (exact) mass is 203 g/mol. The van der Waals surface area contributed by atoms with Crippen LogP contribution < -0.4 is 0 Å². The van der Waals surface area contributed by atoms with Crippen LogP contribution in [0.1, 0.15) is 33.1 Å². The van der Waals surface area contributed by atoms with Gasteiger partial charge in [-0.15, -0.1) is 12.6 Å². The van der Waals surface area contributed by atoms with Gasteiger partial charge in [0.05, 0.1) is 0 Å². The maximum Gasteiger partial charge on any atom is 0.133 e. The Kier molecular flexibility index (Phi) is 3.84. The highest BCUT2D eigenvalue weighted by atomic mass is 32.1. The predicted molar refractivity (Wildman–Crippen MR) is 60.8 cm³/mol. The maximum atomic E-state index is 5.08. The van der Waals surface area contributed by atoms with Crippen molar-refractivity contribution in [3.05, 3.63) is 0 Å². The van der Waals surface area contributed by atoms with Gasteiger partial charge in [0.15, 0.2) is 0 Å². The summed E-state index contributed by atoms with van der Waals surface area (Å²) in [6, 6.07) is 0.595. The molecule has 0 spiro atoms. The Labute approximate surface area is 85.9 Å². The summed E-state index contributed by atoms with van der Waals surface area (Å²) >= 11 is 9.32. The molecule has 0 bridgehead atoms. The van der Waals surface area contributed by atoms with E-state index in [2.05, 4.69) is 31.4 Å². The Balaban J connectivity index is 2.53. The van der Waals surface area contributed by atoms with E-state index in [-0.39, 0.29) is 0 Å². The lowest BCUT2D eigenvalue weighted by Crippen LogP contribution is -2.42. The largest absolute Gasteiger partial charge is 0.355 e. The van der Waals surface area contributed by atoms with Gasteiger partial charge in [-0.1, -0.05) is 25.6 Å². The second-order valence-corrected chi connectivity index (χ2v) is 4.75. The number of rotatable bonds is 1. The summed E-state index contributed by atoms with van der Waals surface area (Å²) in [4.78, 5) is 2.25. The van der Waals surface area contributed by atoms with Crippen molar-refractivity contribution >= 4 is 29.2 Å². The molecule has 0 N–H and O–H groups in total. The SMILES string of the molecule is CCC1CCC(C)N(C(=S)S)C1. The van der Waals surface area contributed by atoms with Gasteiger partial charge < -0.3 is 4.90 Å². The Morgan fingerprint density at radius 3 is 2.75 bits per heavy atom. The fraction of sp³-hybridized carbons (Fsp3) is 0.889. The van der Waals surface area contributed by atoms with Crippen molar-refractivity contribution in [2.24, 2.45) is 5.92 Å². The number of thiol groups is 1. The summed E-state index contributed by atoms with van der Waals surface area (Å²) in [6.45, 7) is 5.59. The molecular formula is C9H17NS2. The number of piperidine rings is 1. The molecule has 1 nitrogen and oxygen atoms in total. The van der Waals surface area contributed by atoms with Crippen LogP contribution in [0.15, 0.2) is 0 Å². The third-order valence-electron chi connectivity index (χ3n) is 2.80. The van der Waals surface area contributed by atoms with E-state index in [4.69, 9.17) is 12.2 Å². The molecule has 1 saturated heterocycles. The molecule has 2 unspecified atom stereocenters. The Hall–Kier alpha value is 0.240. The maximum absolute atomic E-state index is 5.08. The Morgan fingerprint density at radius 1 is 1.58 bits per heavy atom. The fourth-order valence-corrected chi connectivity index (χ4v) is 2.32. The van der Waals surface area contributed by atoms with Crippen LogP contribution in [-0.4, -0.2) is 21.8 Å². The molecule has 12 heavy (non-hydrogen) atoms. The van der Waals surface area contributed by atoms with Crippen molar-refractivity contribution in [3.63, 3.8) is 0 Å². The molecule has 0 aromatic carbocycles. The van der Waals surface area contributed by atoms with Crippen molar-refractivity contribution in [1.82, 2.24) is 4.90 Å². The van der Waals surface area contributed by atoms with Gasteiger partial charge in [0.25, 0.3) is 0 Å². The number of nitrogens with zero attached hydrogens (tertiary/aromatic N) is 1. The van der Waals surface area contributed by atoms with Crippen LogP contribution in [0.3, 0.4) is 0 Å². The summed E-state index contributed by atoms with van der Waals surface area (Å²) < 4.78 is 0.764. The first-order chi connectivity index (χ1) is 5.65. The van der Waals surface area contributed by atoms with Crippen molar-refractivity contribution in [2.75, 3.05) is 6.54 Å². The van der Waals surface area contributed by atoms with E-state index in [0.717, 1.165) is 16.8 Å². The van der Waals surface area contributed by atoms with Gasteiger partial charge in [-0.3, -0.25) is 0 Å². The highest BCUT2D eigenvalue weighted by Gasteiger charge is 2.24. The van der Waals surface area contributed by atoms with Crippen LogP contribution in [0, 0.1) is 5.92 Å². The Morgan fingerprint density at radius 2 is 2.25 bits per heavy atom. The second-order valence-electron chi connectivity index (χ2n) is 3.64. The van der Waals surface area contributed by atoms with Crippen LogP contribution in [0.2, 0.25) is 0 Å². The van der Waals surface area contributed by atoms with Gasteiger partial charge in [0.2, 0.25) is 0 Å². The van der Waals surface area contributed by atoms with Crippen molar-refractivity contribution in [2.45, 2.75) is 39.2 Å². The van der Waals surface area contributed by atoms with Crippen LogP contribution in [0.25, 0.3) is 0 Å². The van der Waals surface area contributed by atoms with Gasteiger partial charge in [0.1, 0.15) is 4.32 Å². The van der Waals surface area contributed by atoms with Crippen LogP contribution in [0.5, 0.6) is 0 Å². The molecule has 0 aromatic rings. The van der Waals surface area contributed by atoms with Crippen molar-refractivity contribution < 1.29 is 0 Å². The van der Waals surface area contributed by atoms with Crippen LogP contribution >= 0.6 is 24.8 Å². The molecule has 0 amide bonds.